The van der Waals surface area contributed by atoms with Crippen molar-refractivity contribution in [3.05, 3.63) is 29.5 Å². The lowest BCUT2D eigenvalue weighted by molar-refractivity contribution is -0.137. The van der Waals surface area contributed by atoms with Crippen molar-refractivity contribution in [2.24, 2.45) is 5.73 Å². The molecule has 0 saturated heterocycles. The normalized spacial score (nSPS) is 11.4. The SMILES string of the molecule is COc1cc(-c2n[nH]nc2C(N)=O)cc(C(F)(F)F)c1. The van der Waals surface area contributed by atoms with Gasteiger partial charge >= 0.3 is 6.18 Å². The van der Waals surface area contributed by atoms with E-state index in [0.29, 0.717) is 0 Å². The molecule has 9 heteroatoms. The number of carbonyl (C=O) groups is 1. The van der Waals surface area contributed by atoms with E-state index < -0.39 is 17.6 Å². The number of carbonyl (C=O) groups excluding carboxylic acids is 1. The Kier molecular flexibility index (Phi) is 3.35. The number of aromatic amines is 1. The molecule has 106 valence electrons. The molecule has 0 atom stereocenters. The van der Waals surface area contributed by atoms with Crippen molar-refractivity contribution in [3.63, 3.8) is 0 Å². The van der Waals surface area contributed by atoms with Gasteiger partial charge in [0, 0.05) is 5.56 Å². The minimum atomic E-state index is -4.56. The number of rotatable bonds is 3. The van der Waals surface area contributed by atoms with Crippen LogP contribution in [0.3, 0.4) is 0 Å². The van der Waals surface area contributed by atoms with Crippen molar-refractivity contribution in [1.29, 1.82) is 0 Å². The smallest absolute Gasteiger partial charge is 0.416 e. The number of nitrogens with one attached hydrogen (secondary N) is 1. The van der Waals surface area contributed by atoms with Crippen LogP contribution in [0.4, 0.5) is 13.2 Å². The van der Waals surface area contributed by atoms with Crippen molar-refractivity contribution in [2.45, 2.75) is 6.18 Å². The Hall–Kier alpha value is -2.58. The van der Waals surface area contributed by atoms with E-state index >= 15 is 0 Å². The molecule has 0 fully saturated rings. The van der Waals surface area contributed by atoms with Crippen LogP contribution in [-0.4, -0.2) is 28.4 Å². The summed E-state index contributed by atoms with van der Waals surface area (Å²) in [5, 5.41) is 9.30. The molecule has 1 aromatic heterocycles. The first-order valence-electron chi connectivity index (χ1n) is 5.30. The van der Waals surface area contributed by atoms with Crippen LogP contribution in [0.1, 0.15) is 16.1 Å². The van der Waals surface area contributed by atoms with E-state index in [4.69, 9.17) is 10.5 Å². The predicted octanol–water partition coefficient (Wildman–Crippen LogP) is 1.60. The van der Waals surface area contributed by atoms with Gasteiger partial charge in [-0.15, -0.1) is 0 Å². The summed E-state index contributed by atoms with van der Waals surface area (Å²) >= 11 is 0. The summed E-state index contributed by atoms with van der Waals surface area (Å²) < 4.78 is 43.2. The zero-order valence-corrected chi connectivity index (χ0v) is 10.2. The van der Waals surface area contributed by atoms with Crippen LogP contribution in [0.2, 0.25) is 0 Å². The van der Waals surface area contributed by atoms with Crippen molar-refractivity contribution in [2.75, 3.05) is 7.11 Å². The van der Waals surface area contributed by atoms with Gasteiger partial charge in [-0.25, -0.2) is 0 Å². The highest BCUT2D eigenvalue weighted by Gasteiger charge is 2.32. The van der Waals surface area contributed by atoms with Gasteiger partial charge in [0.25, 0.3) is 5.91 Å². The highest BCUT2D eigenvalue weighted by Crippen LogP contribution is 2.35. The van der Waals surface area contributed by atoms with Crippen LogP contribution in [0, 0.1) is 0 Å². The number of halogens is 3. The lowest BCUT2D eigenvalue weighted by Gasteiger charge is -2.10. The van der Waals surface area contributed by atoms with Gasteiger partial charge < -0.3 is 10.5 Å². The summed E-state index contributed by atoms with van der Waals surface area (Å²) in [4.78, 5) is 11.1. The van der Waals surface area contributed by atoms with Gasteiger partial charge in [-0.3, -0.25) is 4.79 Å². The largest absolute Gasteiger partial charge is 0.497 e. The molecule has 3 N–H and O–H groups in total. The summed E-state index contributed by atoms with van der Waals surface area (Å²) in [6, 6.07) is 2.99. The zero-order valence-electron chi connectivity index (χ0n) is 10.2. The maximum absolute atomic E-state index is 12.8. The molecule has 20 heavy (non-hydrogen) atoms. The van der Waals surface area contributed by atoms with Crippen molar-refractivity contribution in [1.82, 2.24) is 15.4 Å². The Morgan fingerprint density at radius 3 is 2.55 bits per heavy atom. The zero-order chi connectivity index (χ0) is 14.9. The van der Waals surface area contributed by atoms with Crippen LogP contribution in [0.15, 0.2) is 18.2 Å². The predicted molar refractivity (Wildman–Crippen MR) is 61.9 cm³/mol. The van der Waals surface area contributed by atoms with Gasteiger partial charge in [0.2, 0.25) is 0 Å². The summed E-state index contributed by atoms with van der Waals surface area (Å²) in [5.41, 5.74) is 3.87. The lowest BCUT2D eigenvalue weighted by Crippen LogP contribution is -2.13. The lowest BCUT2D eigenvalue weighted by atomic mass is 10.1. The fourth-order valence-corrected chi connectivity index (χ4v) is 1.62. The van der Waals surface area contributed by atoms with E-state index in [1.54, 1.807) is 0 Å². The van der Waals surface area contributed by atoms with Gasteiger partial charge in [-0.05, 0) is 18.2 Å². The summed E-state index contributed by atoms with van der Waals surface area (Å²) in [5.74, 6) is -0.918. The monoisotopic (exact) mass is 286 g/mol. The first-order chi connectivity index (χ1) is 9.32. The molecule has 1 heterocycles. The number of ether oxygens (including phenoxy) is 1. The standard InChI is InChI=1S/C11H9F3N4O2/c1-20-7-3-5(2-6(4-7)11(12,13)14)8-9(10(15)19)17-18-16-8/h2-4H,1H3,(H2,15,19)(H,16,17,18). The Morgan fingerprint density at radius 1 is 1.30 bits per heavy atom. The number of alkyl halides is 3. The molecule has 0 aliphatic rings. The number of aromatic nitrogens is 3. The molecular weight excluding hydrogens is 277 g/mol. The molecular formula is C11H9F3N4O2. The van der Waals surface area contributed by atoms with E-state index in [2.05, 4.69) is 15.4 Å². The first kappa shape index (κ1) is 13.8. The fraction of sp³-hybridized carbons (Fsp3) is 0.182. The van der Waals surface area contributed by atoms with E-state index in [1.807, 2.05) is 0 Å². The molecule has 6 nitrogen and oxygen atoms in total. The van der Waals surface area contributed by atoms with Crippen molar-refractivity contribution >= 4 is 5.91 Å². The maximum atomic E-state index is 12.8. The molecule has 0 bridgehead atoms. The molecule has 0 aliphatic carbocycles. The van der Waals surface area contributed by atoms with Gasteiger partial charge in [-0.1, -0.05) is 0 Å². The van der Waals surface area contributed by atoms with E-state index in [1.165, 1.54) is 13.2 Å². The molecule has 0 aliphatic heterocycles. The summed E-state index contributed by atoms with van der Waals surface area (Å²) in [6.07, 6.45) is -4.56. The molecule has 0 unspecified atom stereocenters. The van der Waals surface area contributed by atoms with E-state index in [-0.39, 0.29) is 22.7 Å². The maximum Gasteiger partial charge on any atom is 0.416 e. The number of benzene rings is 1. The number of methoxy groups -OCH3 is 1. The van der Waals surface area contributed by atoms with E-state index in [0.717, 1.165) is 12.1 Å². The average molecular weight is 286 g/mol. The quantitative estimate of drug-likeness (QED) is 0.896. The molecule has 2 aromatic rings. The number of hydrogen-bond donors (Lipinski definition) is 2. The van der Waals surface area contributed by atoms with Crippen LogP contribution in [0.5, 0.6) is 5.75 Å². The molecule has 0 spiro atoms. The van der Waals surface area contributed by atoms with Crippen LogP contribution in [-0.2, 0) is 6.18 Å². The molecule has 2 rings (SSSR count). The molecule has 1 amide bonds. The molecule has 0 radical (unpaired) electrons. The number of amides is 1. The Bertz CT molecular complexity index is 651. The number of hydrogen-bond acceptors (Lipinski definition) is 4. The van der Waals surface area contributed by atoms with Gasteiger partial charge in [0.05, 0.1) is 12.7 Å². The van der Waals surface area contributed by atoms with Crippen LogP contribution < -0.4 is 10.5 Å². The minimum absolute atomic E-state index is 0.0201. The Labute approximate surface area is 110 Å². The third-order valence-electron chi connectivity index (χ3n) is 2.52. The van der Waals surface area contributed by atoms with Crippen molar-refractivity contribution < 1.29 is 22.7 Å². The fourth-order valence-electron chi connectivity index (χ4n) is 1.62. The van der Waals surface area contributed by atoms with Gasteiger partial charge in [-0.2, -0.15) is 28.6 Å². The second-order valence-corrected chi connectivity index (χ2v) is 3.83. The first-order valence-corrected chi connectivity index (χ1v) is 5.30. The van der Waals surface area contributed by atoms with Gasteiger partial charge in [0.15, 0.2) is 5.69 Å². The Balaban J connectivity index is 2.62. The second kappa shape index (κ2) is 4.83. The van der Waals surface area contributed by atoms with E-state index in [9.17, 15) is 18.0 Å². The number of H-pyrrole nitrogens is 1. The van der Waals surface area contributed by atoms with Crippen molar-refractivity contribution in [3.8, 4) is 17.0 Å². The summed E-state index contributed by atoms with van der Waals surface area (Å²) in [7, 11) is 1.23. The third kappa shape index (κ3) is 2.56. The summed E-state index contributed by atoms with van der Waals surface area (Å²) in [6.45, 7) is 0. The topological polar surface area (TPSA) is 93.9 Å². The average Bonchev–Trinajstić information content (AvgIpc) is 2.86. The molecule has 1 aromatic carbocycles. The second-order valence-electron chi connectivity index (χ2n) is 3.83. The Morgan fingerprint density at radius 2 is 2.00 bits per heavy atom. The van der Waals surface area contributed by atoms with Gasteiger partial charge in [0.1, 0.15) is 11.4 Å². The highest BCUT2D eigenvalue weighted by molar-refractivity contribution is 5.96. The third-order valence-corrected chi connectivity index (χ3v) is 2.52. The number of nitrogens with two attached hydrogens (primary N) is 1. The minimum Gasteiger partial charge on any atom is -0.497 e. The van der Waals surface area contributed by atoms with Crippen LogP contribution in [0.25, 0.3) is 11.3 Å². The molecule has 0 saturated carbocycles. The number of primary amides is 1. The number of nitrogens with zero attached hydrogens (tertiary/aromatic N) is 2. The highest BCUT2D eigenvalue weighted by atomic mass is 19.4. The van der Waals surface area contributed by atoms with Crippen LogP contribution >= 0.6 is 0 Å².